The molecule has 142 valence electrons. The van der Waals surface area contributed by atoms with E-state index in [4.69, 9.17) is 0 Å². The Morgan fingerprint density at radius 1 is 1.22 bits per heavy atom. The molecule has 0 spiro atoms. The van der Waals surface area contributed by atoms with Gasteiger partial charge < -0.3 is 10.2 Å². The fourth-order valence-corrected chi connectivity index (χ4v) is 3.82. The van der Waals surface area contributed by atoms with E-state index < -0.39 is 11.9 Å². The maximum Gasteiger partial charge on any atom is 0.307 e. The zero-order valence-electron chi connectivity index (χ0n) is 16.1. The second-order valence-corrected chi connectivity index (χ2v) is 7.04. The van der Waals surface area contributed by atoms with Crippen molar-refractivity contribution in [3.8, 4) is 0 Å². The highest BCUT2D eigenvalue weighted by atomic mass is 16.4. The van der Waals surface area contributed by atoms with Crippen molar-refractivity contribution in [2.75, 3.05) is 0 Å². The van der Waals surface area contributed by atoms with Crippen LogP contribution in [0.15, 0.2) is 30.3 Å². The highest BCUT2D eigenvalue weighted by Gasteiger charge is 2.31. The van der Waals surface area contributed by atoms with Crippen molar-refractivity contribution in [1.29, 1.82) is 0 Å². The lowest BCUT2D eigenvalue weighted by Gasteiger charge is -2.26. The summed E-state index contributed by atoms with van der Waals surface area (Å²) in [6.07, 6.45) is 0.500. The van der Waals surface area contributed by atoms with Gasteiger partial charge in [-0.2, -0.15) is 0 Å². The van der Waals surface area contributed by atoms with Gasteiger partial charge in [0.2, 0.25) is 0 Å². The van der Waals surface area contributed by atoms with Crippen LogP contribution in [0.1, 0.15) is 47.1 Å². The predicted molar refractivity (Wildman–Crippen MR) is 104 cm³/mol. The number of aliphatic carboxylic acids is 1. The van der Waals surface area contributed by atoms with Gasteiger partial charge in [0.15, 0.2) is 0 Å². The Hall–Kier alpha value is -2.73. The molecule has 2 aromatic carbocycles. The Balaban J connectivity index is 2.25. The van der Waals surface area contributed by atoms with Crippen molar-refractivity contribution >= 4 is 17.0 Å². The minimum atomic E-state index is -0.827. The highest BCUT2D eigenvalue weighted by Crippen LogP contribution is 2.38. The van der Waals surface area contributed by atoms with Crippen LogP contribution in [0.2, 0.25) is 0 Å². The third-order valence-corrected chi connectivity index (χ3v) is 5.48. The molecule has 0 amide bonds. The van der Waals surface area contributed by atoms with Crippen LogP contribution in [0.3, 0.4) is 0 Å². The molecule has 1 heterocycles. The van der Waals surface area contributed by atoms with Gasteiger partial charge in [0, 0.05) is 13.0 Å². The van der Waals surface area contributed by atoms with Crippen molar-refractivity contribution in [2.24, 2.45) is 13.0 Å². The molecule has 0 fully saturated rings. The first-order valence-electron chi connectivity index (χ1n) is 9.11. The maximum atomic E-state index is 12.0. The number of aliphatic hydroxyl groups is 1. The number of carbonyl (C=O) groups is 1. The fourth-order valence-electron chi connectivity index (χ4n) is 3.82. The summed E-state index contributed by atoms with van der Waals surface area (Å²) in [5.41, 5.74) is 6.28. The SMILES string of the molecule is CCC(C(=O)O)C(c1ccc(C)c(CO)c1)c1ccc2c(nnn2C)c1C. The number of aromatic nitrogens is 3. The molecule has 3 rings (SSSR count). The molecule has 0 aliphatic heterocycles. The van der Waals surface area contributed by atoms with Crippen molar-refractivity contribution in [1.82, 2.24) is 15.0 Å². The number of rotatable bonds is 6. The average Bonchev–Trinajstić information content (AvgIpc) is 3.03. The molecule has 1 aromatic heterocycles. The number of aryl methyl sites for hydroxylation is 3. The number of carboxylic acids is 1. The van der Waals surface area contributed by atoms with E-state index in [1.807, 2.05) is 58.2 Å². The normalized spacial score (nSPS) is 13.7. The summed E-state index contributed by atoms with van der Waals surface area (Å²) in [7, 11) is 1.84. The van der Waals surface area contributed by atoms with Crippen LogP contribution in [0, 0.1) is 19.8 Å². The molecule has 2 atom stereocenters. The maximum absolute atomic E-state index is 12.0. The molecule has 0 bridgehead atoms. The number of hydrogen-bond donors (Lipinski definition) is 2. The zero-order chi connectivity index (χ0) is 19.7. The molecule has 0 saturated carbocycles. The number of benzene rings is 2. The summed E-state index contributed by atoms with van der Waals surface area (Å²) in [4.78, 5) is 12.0. The largest absolute Gasteiger partial charge is 0.481 e. The van der Waals surface area contributed by atoms with Crippen LogP contribution in [-0.4, -0.2) is 31.2 Å². The van der Waals surface area contributed by atoms with Gasteiger partial charge in [-0.25, -0.2) is 4.68 Å². The Morgan fingerprint density at radius 3 is 2.59 bits per heavy atom. The molecular weight excluding hydrogens is 342 g/mol. The lowest BCUT2D eigenvalue weighted by Crippen LogP contribution is -2.23. The van der Waals surface area contributed by atoms with Crippen LogP contribution in [0.4, 0.5) is 0 Å². The first-order valence-corrected chi connectivity index (χ1v) is 9.11. The van der Waals surface area contributed by atoms with Gasteiger partial charge in [0.25, 0.3) is 0 Å². The number of nitrogens with zero attached hydrogens (tertiary/aromatic N) is 3. The number of aliphatic hydroxyl groups excluding tert-OH is 1. The summed E-state index contributed by atoms with van der Waals surface area (Å²) in [5.74, 6) is -1.73. The van der Waals surface area contributed by atoms with Crippen LogP contribution >= 0.6 is 0 Å². The van der Waals surface area contributed by atoms with Gasteiger partial charge >= 0.3 is 5.97 Å². The van der Waals surface area contributed by atoms with Crippen LogP contribution in [0.25, 0.3) is 11.0 Å². The topological polar surface area (TPSA) is 88.2 Å². The molecular formula is C21H25N3O3. The third-order valence-electron chi connectivity index (χ3n) is 5.48. The molecule has 2 N–H and O–H groups in total. The molecule has 0 aliphatic rings. The molecule has 3 aromatic rings. The van der Waals surface area contributed by atoms with Gasteiger partial charge in [-0.05, 0) is 54.2 Å². The molecule has 2 unspecified atom stereocenters. The van der Waals surface area contributed by atoms with E-state index in [0.717, 1.165) is 38.9 Å². The second-order valence-electron chi connectivity index (χ2n) is 7.04. The smallest absolute Gasteiger partial charge is 0.307 e. The first kappa shape index (κ1) is 19.0. The van der Waals surface area contributed by atoms with E-state index in [1.165, 1.54) is 0 Å². The third kappa shape index (κ3) is 3.32. The zero-order valence-corrected chi connectivity index (χ0v) is 16.1. The quantitative estimate of drug-likeness (QED) is 0.698. The van der Waals surface area contributed by atoms with E-state index >= 15 is 0 Å². The van der Waals surface area contributed by atoms with Crippen LogP contribution in [-0.2, 0) is 18.4 Å². The van der Waals surface area contributed by atoms with E-state index in [-0.39, 0.29) is 12.5 Å². The standard InChI is InChI=1S/C21H25N3O3/c1-5-16(21(26)27)19(14-7-6-12(2)15(10-14)11-25)17-8-9-18-20(13(17)3)22-23-24(18)4/h6-10,16,19,25H,5,11H2,1-4H3,(H,26,27). The van der Waals surface area contributed by atoms with Crippen molar-refractivity contribution in [3.63, 3.8) is 0 Å². The molecule has 0 aliphatic carbocycles. The van der Waals surface area contributed by atoms with Gasteiger partial charge in [0.1, 0.15) is 5.52 Å². The minimum Gasteiger partial charge on any atom is -0.481 e. The number of hydrogen-bond acceptors (Lipinski definition) is 4. The lowest BCUT2D eigenvalue weighted by atomic mass is 9.77. The molecule has 27 heavy (non-hydrogen) atoms. The molecule has 0 radical (unpaired) electrons. The van der Waals surface area contributed by atoms with Crippen molar-refractivity contribution in [3.05, 3.63) is 58.1 Å². The van der Waals surface area contributed by atoms with Gasteiger partial charge in [0.05, 0.1) is 18.0 Å². The van der Waals surface area contributed by atoms with E-state index in [2.05, 4.69) is 10.3 Å². The van der Waals surface area contributed by atoms with Crippen molar-refractivity contribution < 1.29 is 15.0 Å². The van der Waals surface area contributed by atoms with Gasteiger partial charge in [-0.15, -0.1) is 5.10 Å². The summed E-state index contributed by atoms with van der Waals surface area (Å²) in [6, 6.07) is 9.76. The summed E-state index contributed by atoms with van der Waals surface area (Å²) < 4.78 is 1.71. The molecule has 0 saturated heterocycles. The van der Waals surface area contributed by atoms with E-state index in [9.17, 15) is 15.0 Å². The second kappa shape index (κ2) is 7.48. The first-order chi connectivity index (χ1) is 12.9. The van der Waals surface area contributed by atoms with Gasteiger partial charge in [-0.1, -0.05) is 36.4 Å². The monoisotopic (exact) mass is 367 g/mol. The van der Waals surface area contributed by atoms with Crippen LogP contribution < -0.4 is 0 Å². The number of fused-ring (bicyclic) bond motifs is 1. The van der Waals surface area contributed by atoms with Crippen molar-refractivity contribution in [2.45, 2.75) is 39.7 Å². The Labute approximate surface area is 158 Å². The predicted octanol–water partition coefficient (Wildman–Crippen LogP) is 3.32. The Kier molecular flexibility index (Phi) is 5.28. The summed E-state index contributed by atoms with van der Waals surface area (Å²) >= 11 is 0. The highest BCUT2D eigenvalue weighted by molar-refractivity contribution is 5.80. The summed E-state index contributed by atoms with van der Waals surface area (Å²) in [6.45, 7) is 5.73. The molecule has 6 heteroatoms. The van der Waals surface area contributed by atoms with Crippen LogP contribution in [0.5, 0.6) is 0 Å². The Bertz CT molecular complexity index is 994. The lowest BCUT2D eigenvalue weighted by molar-refractivity contribution is -0.142. The fraction of sp³-hybridized carbons (Fsp3) is 0.381. The Morgan fingerprint density at radius 2 is 1.96 bits per heavy atom. The van der Waals surface area contributed by atoms with Gasteiger partial charge in [-0.3, -0.25) is 4.79 Å². The van der Waals surface area contributed by atoms with E-state index in [1.54, 1.807) is 4.68 Å². The minimum absolute atomic E-state index is 0.0710. The van der Waals surface area contributed by atoms with E-state index in [0.29, 0.717) is 6.42 Å². The number of carboxylic acid groups (broad SMARTS) is 1. The average molecular weight is 367 g/mol. The summed E-state index contributed by atoms with van der Waals surface area (Å²) in [5, 5.41) is 27.9. The molecule has 6 nitrogen and oxygen atoms in total.